The van der Waals surface area contributed by atoms with Gasteiger partial charge in [-0.05, 0) is 63.5 Å². The molecular formula is C19H23N5OS2. The summed E-state index contributed by atoms with van der Waals surface area (Å²) in [5.74, 6) is -0.124. The number of nitrogens with zero attached hydrogens (tertiary/aromatic N) is 3. The van der Waals surface area contributed by atoms with Crippen LogP contribution < -0.4 is 10.6 Å². The first-order valence-electron chi connectivity index (χ1n) is 8.79. The normalized spacial score (nSPS) is 17.1. The number of rotatable bonds is 8. The molecule has 0 unspecified atom stereocenters. The summed E-state index contributed by atoms with van der Waals surface area (Å²) in [7, 11) is 4.17. The summed E-state index contributed by atoms with van der Waals surface area (Å²) >= 11 is 2.90. The zero-order valence-corrected chi connectivity index (χ0v) is 17.1. The Bertz CT molecular complexity index is 830. The predicted molar refractivity (Wildman–Crippen MR) is 116 cm³/mol. The van der Waals surface area contributed by atoms with E-state index in [4.69, 9.17) is 0 Å². The van der Waals surface area contributed by atoms with E-state index in [1.54, 1.807) is 17.5 Å². The number of hydrogen-bond acceptors (Lipinski definition) is 7. The van der Waals surface area contributed by atoms with Gasteiger partial charge in [0.25, 0.3) is 5.91 Å². The number of carbonyl (C=O) groups excluding carboxylic acids is 1. The van der Waals surface area contributed by atoms with Crippen molar-refractivity contribution in [2.45, 2.75) is 12.8 Å². The Balaban J connectivity index is 1.55. The van der Waals surface area contributed by atoms with Gasteiger partial charge in [-0.1, -0.05) is 29.5 Å². The molecule has 8 heteroatoms. The SMILES string of the molecule is CN(C)CCCCNc1ncc(C=C2SC(=Nc3ccccc3)NC2=O)s1. The van der Waals surface area contributed by atoms with Crippen molar-refractivity contribution in [3.8, 4) is 0 Å². The number of para-hydroxylation sites is 1. The van der Waals surface area contributed by atoms with Gasteiger partial charge in [0, 0.05) is 12.7 Å². The number of benzene rings is 1. The molecule has 2 aromatic rings. The second kappa shape index (κ2) is 9.68. The molecule has 0 aliphatic carbocycles. The Labute approximate surface area is 167 Å². The van der Waals surface area contributed by atoms with E-state index in [1.165, 1.54) is 11.8 Å². The zero-order valence-electron chi connectivity index (χ0n) is 15.4. The number of unbranched alkanes of at least 4 members (excludes halogenated alkanes) is 1. The average Bonchev–Trinajstić information content (AvgIpc) is 3.22. The zero-order chi connectivity index (χ0) is 19.1. The van der Waals surface area contributed by atoms with Gasteiger partial charge in [0.1, 0.15) is 0 Å². The molecule has 0 bridgehead atoms. The van der Waals surface area contributed by atoms with Crippen molar-refractivity contribution < 1.29 is 4.79 Å². The van der Waals surface area contributed by atoms with Crippen LogP contribution in [0.5, 0.6) is 0 Å². The van der Waals surface area contributed by atoms with Crippen molar-refractivity contribution in [1.29, 1.82) is 0 Å². The Morgan fingerprint density at radius 3 is 2.85 bits per heavy atom. The monoisotopic (exact) mass is 401 g/mol. The Kier molecular flexibility index (Phi) is 7.03. The lowest BCUT2D eigenvalue weighted by Crippen LogP contribution is -2.19. The van der Waals surface area contributed by atoms with Gasteiger partial charge < -0.3 is 15.5 Å². The molecule has 1 aromatic heterocycles. The van der Waals surface area contributed by atoms with Crippen LogP contribution in [0.3, 0.4) is 0 Å². The summed E-state index contributed by atoms with van der Waals surface area (Å²) in [6, 6.07) is 9.59. The van der Waals surface area contributed by atoms with E-state index < -0.39 is 0 Å². The summed E-state index contributed by atoms with van der Waals surface area (Å²) < 4.78 is 0. The summed E-state index contributed by atoms with van der Waals surface area (Å²) in [4.78, 5) is 24.8. The minimum absolute atomic E-state index is 0.124. The minimum Gasteiger partial charge on any atom is -0.362 e. The second-order valence-corrected chi connectivity index (χ2v) is 8.42. The summed E-state index contributed by atoms with van der Waals surface area (Å²) in [6.07, 6.45) is 5.91. The number of aromatic nitrogens is 1. The molecular weight excluding hydrogens is 378 g/mol. The van der Waals surface area contributed by atoms with Gasteiger partial charge >= 0.3 is 0 Å². The van der Waals surface area contributed by atoms with Gasteiger partial charge in [-0.25, -0.2) is 9.98 Å². The van der Waals surface area contributed by atoms with Gasteiger partial charge in [-0.15, -0.1) is 0 Å². The van der Waals surface area contributed by atoms with Crippen molar-refractivity contribution in [2.75, 3.05) is 32.5 Å². The van der Waals surface area contributed by atoms with Crippen molar-refractivity contribution in [3.63, 3.8) is 0 Å². The quantitative estimate of drug-likeness (QED) is 0.520. The number of hydrogen-bond donors (Lipinski definition) is 2. The molecule has 1 saturated heterocycles. The highest BCUT2D eigenvalue weighted by molar-refractivity contribution is 8.18. The number of amidine groups is 1. The fourth-order valence-corrected chi connectivity index (χ4v) is 4.11. The molecule has 2 heterocycles. The first-order valence-corrected chi connectivity index (χ1v) is 10.4. The van der Waals surface area contributed by atoms with Crippen LogP contribution in [0.1, 0.15) is 17.7 Å². The molecule has 1 amide bonds. The minimum atomic E-state index is -0.124. The van der Waals surface area contributed by atoms with Crippen LogP contribution in [0, 0.1) is 0 Å². The molecule has 1 fully saturated rings. The van der Waals surface area contributed by atoms with E-state index in [0.717, 1.165) is 41.6 Å². The van der Waals surface area contributed by atoms with E-state index in [0.29, 0.717) is 10.1 Å². The highest BCUT2D eigenvalue weighted by Crippen LogP contribution is 2.30. The lowest BCUT2D eigenvalue weighted by molar-refractivity contribution is -0.115. The van der Waals surface area contributed by atoms with Gasteiger partial charge in [0.05, 0.1) is 15.5 Å². The number of thioether (sulfide) groups is 1. The fourth-order valence-electron chi connectivity index (χ4n) is 2.41. The number of aliphatic imine (C=N–C) groups is 1. The standard InChI is InChI=1S/C19H23N5OS2/c1-24(2)11-7-6-10-20-18-21-13-15(26-18)12-16-17(25)23-19(27-16)22-14-8-4-3-5-9-14/h3-5,8-9,12-13H,6-7,10-11H2,1-2H3,(H,20,21)(H,22,23,25). The molecule has 27 heavy (non-hydrogen) atoms. The molecule has 1 aliphatic rings. The third-order valence-corrected chi connectivity index (χ3v) is 5.55. The first-order chi connectivity index (χ1) is 13.1. The van der Waals surface area contributed by atoms with Crippen LogP contribution in [0.15, 0.2) is 46.4 Å². The van der Waals surface area contributed by atoms with E-state index >= 15 is 0 Å². The maximum absolute atomic E-state index is 12.2. The van der Waals surface area contributed by atoms with Gasteiger partial charge in [0.15, 0.2) is 10.3 Å². The highest BCUT2D eigenvalue weighted by atomic mass is 32.2. The number of amides is 1. The van der Waals surface area contributed by atoms with E-state index in [2.05, 4.69) is 39.6 Å². The van der Waals surface area contributed by atoms with Gasteiger partial charge in [-0.2, -0.15) is 0 Å². The van der Waals surface area contributed by atoms with E-state index in [9.17, 15) is 4.79 Å². The van der Waals surface area contributed by atoms with Gasteiger partial charge in [-0.3, -0.25) is 4.79 Å². The average molecular weight is 402 g/mol. The lowest BCUT2D eigenvalue weighted by Gasteiger charge is -2.08. The lowest BCUT2D eigenvalue weighted by atomic mass is 10.3. The molecule has 0 radical (unpaired) electrons. The topological polar surface area (TPSA) is 69.6 Å². The van der Waals surface area contributed by atoms with Crippen molar-refractivity contribution in [1.82, 2.24) is 15.2 Å². The molecule has 142 valence electrons. The Morgan fingerprint density at radius 2 is 2.07 bits per heavy atom. The first kappa shape index (κ1) is 19.6. The highest BCUT2D eigenvalue weighted by Gasteiger charge is 2.24. The van der Waals surface area contributed by atoms with Crippen LogP contribution in [-0.2, 0) is 4.79 Å². The Hall–Kier alpha value is -2.16. The van der Waals surface area contributed by atoms with Crippen LogP contribution >= 0.6 is 23.1 Å². The number of thiazole rings is 1. The van der Waals surface area contributed by atoms with Crippen LogP contribution in [-0.4, -0.2) is 48.1 Å². The van der Waals surface area contributed by atoms with Crippen molar-refractivity contribution >= 4 is 51.1 Å². The molecule has 0 spiro atoms. The molecule has 0 saturated carbocycles. The van der Waals surface area contributed by atoms with Crippen LogP contribution in [0.2, 0.25) is 0 Å². The second-order valence-electron chi connectivity index (χ2n) is 6.32. The smallest absolute Gasteiger partial charge is 0.264 e. The molecule has 1 aliphatic heterocycles. The van der Waals surface area contributed by atoms with Crippen molar-refractivity contribution in [3.05, 3.63) is 46.3 Å². The third-order valence-electron chi connectivity index (χ3n) is 3.74. The molecule has 6 nitrogen and oxygen atoms in total. The number of anilines is 1. The van der Waals surface area contributed by atoms with Crippen molar-refractivity contribution in [2.24, 2.45) is 4.99 Å². The maximum atomic E-state index is 12.2. The number of nitrogens with one attached hydrogen (secondary N) is 2. The van der Waals surface area contributed by atoms with Gasteiger partial charge in [0.2, 0.25) is 0 Å². The molecule has 0 atom stereocenters. The van der Waals surface area contributed by atoms with E-state index in [1.807, 2.05) is 36.4 Å². The molecule has 1 aromatic carbocycles. The van der Waals surface area contributed by atoms with Crippen LogP contribution in [0.25, 0.3) is 6.08 Å². The fraction of sp³-hybridized carbons (Fsp3) is 0.316. The summed E-state index contributed by atoms with van der Waals surface area (Å²) in [5.41, 5.74) is 0.820. The predicted octanol–water partition coefficient (Wildman–Crippen LogP) is 3.79. The molecule has 3 rings (SSSR count). The largest absolute Gasteiger partial charge is 0.362 e. The Morgan fingerprint density at radius 1 is 1.26 bits per heavy atom. The van der Waals surface area contributed by atoms with Crippen LogP contribution in [0.4, 0.5) is 10.8 Å². The maximum Gasteiger partial charge on any atom is 0.264 e. The summed E-state index contributed by atoms with van der Waals surface area (Å²) in [5, 5.41) is 7.63. The number of carbonyl (C=O) groups is 1. The third kappa shape index (κ3) is 6.20. The van der Waals surface area contributed by atoms with E-state index in [-0.39, 0.29) is 5.91 Å². The summed E-state index contributed by atoms with van der Waals surface area (Å²) in [6.45, 7) is 2.00. The molecule has 2 N–H and O–H groups in total.